The zero-order valence-electron chi connectivity index (χ0n) is 11.3. The lowest BCUT2D eigenvalue weighted by Gasteiger charge is -2.31. The van der Waals surface area contributed by atoms with Crippen LogP contribution < -0.4 is 0 Å². The summed E-state index contributed by atoms with van der Waals surface area (Å²) in [6, 6.07) is 5.56. The van der Waals surface area contributed by atoms with Crippen molar-refractivity contribution in [1.29, 1.82) is 0 Å². The van der Waals surface area contributed by atoms with Gasteiger partial charge in [-0.3, -0.25) is 29.5 Å². The van der Waals surface area contributed by atoms with E-state index in [0.717, 1.165) is 0 Å². The smallest absolute Gasteiger partial charge is 0.269 e. The zero-order chi connectivity index (χ0) is 15.7. The van der Waals surface area contributed by atoms with Gasteiger partial charge in [0, 0.05) is 26.2 Å². The van der Waals surface area contributed by atoms with Crippen molar-refractivity contribution in [3.63, 3.8) is 0 Å². The van der Waals surface area contributed by atoms with Crippen LogP contribution in [0, 0.1) is 10.1 Å². The van der Waals surface area contributed by atoms with Crippen molar-refractivity contribution < 1.29 is 14.5 Å². The molecule has 0 bridgehead atoms. The van der Waals surface area contributed by atoms with Gasteiger partial charge in [0.25, 0.3) is 17.5 Å². The third kappa shape index (κ3) is 2.65. The van der Waals surface area contributed by atoms with Gasteiger partial charge in [0.05, 0.1) is 4.92 Å². The van der Waals surface area contributed by atoms with Crippen LogP contribution in [0.3, 0.4) is 0 Å². The van der Waals surface area contributed by atoms with E-state index in [1.54, 1.807) is 0 Å². The van der Waals surface area contributed by atoms with Crippen LogP contribution in [-0.4, -0.2) is 45.7 Å². The van der Waals surface area contributed by atoms with E-state index >= 15 is 0 Å². The number of thiocarbonyl (C=S) groups is 1. The molecular weight excluding hydrogens is 294 g/mol. The van der Waals surface area contributed by atoms with Crippen LogP contribution in [0.2, 0.25) is 0 Å². The highest BCUT2D eigenvalue weighted by Crippen LogP contribution is 2.19. The standard InChI is InChI=1S/C13H11N3O4S/c1-14-11(17)10(12(18)15(2)13(14)21)7-8-3-5-9(6-4-8)16(19)20/h3-7H,1-2H3. The van der Waals surface area contributed by atoms with Gasteiger partial charge in [0.15, 0.2) is 5.11 Å². The Hall–Kier alpha value is -2.61. The predicted octanol–water partition coefficient (Wildman–Crippen LogP) is 1.19. The Morgan fingerprint density at radius 3 is 2.00 bits per heavy atom. The van der Waals surface area contributed by atoms with Crippen LogP contribution in [0.4, 0.5) is 5.69 Å². The Labute approximate surface area is 125 Å². The molecule has 0 unspecified atom stereocenters. The molecule has 8 heteroatoms. The summed E-state index contributed by atoms with van der Waals surface area (Å²) in [5.74, 6) is -0.997. The minimum Gasteiger partial charge on any atom is -0.288 e. The first-order chi connectivity index (χ1) is 9.82. The molecule has 1 aliphatic rings. The van der Waals surface area contributed by atoms with Gasteiger partial charge in [-0.05, 0) is 36.0 Å². The molecule has 0 aliphatic carbocycles. The maximum atomic E-state index is 12.1. The van der Waals surface area contributed by atoms with Gasteiger partial charge in [-0.1, -0.05) is 0 Å². The van der Waals surface area contributed by atoms with E-state index in [4.69, 9.17) is 12.2 Å². The summed E-state index contributed by atoms with van der Waals surface area (Å²) in [5.41, 5.74) is 0.420. The van der Waals surface area contributed by atoms with Gasteiger partial charge in [-0.15, -0.1) is 0 Å². The van der Waals surface area contributed by atoms with Gasteiger partial charge < -0.3 is 0 Å². The topological polar surface area (TPSA) is 83.8 Å². The Kier molecular flexibility index (Phi) is 3.81. The molecule has 0 aromatic heterocycles. The van der Waals surface area contributed by atoms with Crippen molar-refractivity contribution in [2.75, 3.05) is 14.1 Å². The van der Waals surface area contributed by atoms with E-state index in [-0.39, 0.29) is 16.4 Å². The summed E-state index contributed by atoms with van der Waals surface area (Å²) in [6.07, 6.45) is 1.39. The van der Waals surface area contributed by atoms with E-state index in [1.807, 2.05) is 0 Å². The van der Waals surface area contributed by atoms with E-state index in [2.05, 4.69) is 0 Å². The third-order valence-corrected chi connectivity index (χ3v) is 3.61. The quantitative estimate of drug-likeness (QED) is 0.269. The fourth-order valence-corrected chi connectivity index (χ4v) is 2.00. The van der Waals surface area contributed by atoms with Crippen LogP contribution in [0.1, 0.15) is 5.56 Å². The number of benzene rings is 1. The summed E-state index contributed by atoms with van der Waals surface area (Å²) in [5, 5.41) is 10.7. The van der Waals surface area contributed by atoms with Gasteiger partial charge in [-0.2, -0.15) is 0 Å². The Morgan fingerprint density at radius 1 is 1.10 bits per heavy atom. The predicted molar refractivity (Wildman–Crippen MR) is 79.2 cm³/mol. The number of carbonyl (C=O) groups excluding carboxylic acids is 2. The molecule has 1 heterocycles. The molecule has 2 rings (SSSR count). The molecule has 0 spiro atoms. The van der Waals surface area contributed by atoms with E-state index < -0.39 is 16.7 Å². The largest absolute Gasteiger partial charge is 0.288 e. The molecule has 0 saturated carbocycles. The van der Waals surface area contributed by atoms with Gasteiger partial charge in [0.1, 0.15) is 5.57 Å². The fourth-order valence-electron chi connectivity index (χ4n) is 1.83. The molecule has 0 radical (unpaired) electrons. The second kappa shape index (κ2) is 5.41. The number of amides is 2. The van der Waals surface area contributed by atoms with Crippen molar-refractivity contribution in [2.24, 2.45) is 0 Å². The highest BCUT2D eigenvalue weighted by Gasteiger charge is 2.35. The van der Waals surface area contributed by atoms with Gasteiger partial charge in [0.2, 0.25) is 0 Å². The number of nitro groups is 1. The maximum absolute atomic E-state index is 12.1. The fraction of sp³-hybridized carbons (Fsp3) is 0.154. The molecular formula is C13H11N3O4S. The molecule has 1 aromatic carbocycles. The molecule has 0 N–H and O–H groups in total. The minimum atomic E-state index is -0.520. The van der Waals surface area contributed by atoms with Gasteiger partial charge >= 0.3 is 0 Å². The van der Waals surface area contributed by atoms with Crippen LogP contribution in [0.15, 0.2) is 29.8 Å². The van der Waals surface area contributed by atoms with Crippen molar-refractivity contribution in [1.82, 2.24) is 9.80 Å². The molecule has 1 aliphatic heterocycles. The van der Waals surface area contributed by atoms with Crippen LogP contribution in [0.5, 0.6) is 0 Å². The average molecular weight is 305 g/mol. The second-order valence-electron chi connectivity index (χ2n) is 4.42. The maximum Gasteiger partial charge on any atom is 0.269 e. The number of hydrogen-bond acceptors (Lipinski definition) is 5. The number of non-ortho nitro benzene ring substituents is 1. The highest BCUT2D eigenvalue weighted by atomic mass is 32.1. The number of nitrogens with zero attached hydrogens (tertiary/aromatic N) is 3. The second-order valence-corrected chi connectivity index (χ2v) is 4.78. The SMILES string of the molecule is CN1C(=O)C(=Cc2ccc([N+](=O)[O-])cc2)C(=O)N(C)C1=S. The van der Waals surface area contributed by atoms with Crippen LogP contribution in [0.25, 0.3) is 6.08 Å². The lowest BCUT2D eigenvalue weighted by molar-refractivity contribution is -0.384. The number of carbonyl (C=O) groups is 2. The first-order valence-corrected chi connectivity index (χ1v) is 6.30. The van der Waals surface area contributed by atoms with E-state index in [9.17, 15) is 19.7 Å². The Balaban J connectivity index is 2.39. The summed E-state index contributed by atoms with van der Waals surface area (Å²) < 4.78 is 0. The number of likely N-dealkylation sites (N-methyl/N-ethyl adjacent to an activating group) is 2. The first kappa shape index (κ1) is 14.8. The van der Waals surface area contributed by atoms with Crippen molar-refractivity contribution in [2.45, 2.75) is 0 Å². The molecule has 21 heavy (non-hydrogen) atoms. The average Bonchev–Trinajstić information content (AvgIpc) is 2.48. The Morgan fingerprint density at radius 2 is 1.57 bits per heavy atom. The first-order valence-electron chi connectivity index (χ1n) is 5.89. The third-order valence-electron chi connectivity index (χ3n) is 3.06. The highest BCUT2D eigenvalue weighted by molar-refractivity contribution is 7.80. The van der Waals surface area contributed by atoms with Crippen LogP contribution in [-0.2, 0) is 9.59 Å². The Bertz CT molecular complexity index is 655. The molecule has 0 atom stereocenters. The molecule has 1 fully saturated rings. The molecule has 1 aromatic rings. The number of nitro benzene ring substituents is 1. The minimum absolute atomic E-state index is 0.0394. The monoisotopic (exact) mass is 305 g/mol. The van der Waals surface area contributed by atoms with Crippen LogP contribution >= 0.6 is 12.2 Å². The number of rotatable bonds is 2. The summed E-state index contributed by atoms with van der Waals surface area (Å²) in [4.78, 5) is 36.6. The summed E-state index contributed by atoms with van der Waals surface area (Å²) >= 11 is 4.98. The zero-order valence-corrected chi connectivity index (χ0v) is 12.1. The molecule has 2 amide bonds. The molecule has 108 valence electrons. The van der Waals surface area contributed by atoms with Crippen molar-refractivity contribution in [3.8, 4) is 0 Å². The van der Waals surface area contributed by atoms with Crippen molar-refractivity contribution >= 4 is 40.9 Å². The summed E-state index contributed by atoms with van der Waals surface area (Å²) in [7, 11) is 2.97. The summed E-state index contributed by atoms with van der Waals surface area (Å²) in [6.45, 7) is 0. The van der Waals surface area contributed by atoms with Gasteiger partial charge in [-0.25, -0.2) is 0 Å². The van der Waals surface area contributed by atoms with E-state index in [1.165, 1.54) is 54.2 Å². The number of hydrogen-bond donors (Lipinski definition) is 0. The normalized spacial score (nSPS) is 15.5. The van der Waals surface area contributed by atoms with Crippen molar-refractivity contribution in [3.05, 3.63) is 45.5 Å². The molecule has 7 nitrogen and oxygen atoms in total. The molecule has 1 saturated heterocycles. The lowest BCUT2D eigenvalue weighted by Crippen LogP contribution is -2.52. The lowest BCUT2D eigenvalue weighted by atomic mass is 10.1. The van der Waals surface area contributed by atoms with E-state index in [0.29, 0.717) is 5.56 Å².